The Labute approximate surface area is 161 Å². The maximum atomic E-state index is 13.8. The molecule has 1 aromatic rings. The third kappa shape index (κ3) is 5.72. The number of hydrogen-bond donors (Lipinski definition) is 1. The Kier molecular flexibility index (Phi) is 7.63. The molecule has 1 aromatic carbocycles. The first-order chi connectivity index (χ1) is 12.9. The van der Waals surface area contributed by atoms with Crippen LogP contribution in [0.2, 0.25) is 0 Å². The van der Waals surface area contributed by atoms with Crippen LogP contribution in [-0.2, 0) is 24.6 Å². The van der Waals surface area contributed by atoms with Crippen LogP contribution >= 0.6 is 0 Å². The minimum absolute atomic E-state index is 0.426. The Bertz CT molecular complexity index is 685. The lowest BCUT2D eigenvalue weighted by Gasteiger charge is -2.32. The fourth-order valence-electron chi connectivity index (χ4n) is 2.28. The van der Waals surface area contributed by atoms with Crippen LogP contribution in [0.15, 0.2) is 43.0 Å². The summed E-state index contributed by atoms with van der Waals surface area (Å²) in [6.45, 7) is 7.81. The van der Waals surface area contributed by atoms with E-state index in [0.29, 0.717) is 0 Å². The number of alkyl halides is 3. The van der Waals surface area contributed by atoms with Gasteiger partial charge in [0.1, 0.15) is 12.2 Å². The van der Waals surface area contributed by atoms with Crippen LogP contribution in [0.4, 0.5) is 18.0 Å². The highest BCUT2D eigenvalue weighted by Crippen LogP contribution is 2.42. The molecule has 0 spiro atoms. The topological polar surface area (TPSA) is 73.9 Å². The van der Waals surface area contributed by atoms with Gasteiger partial charge in [0.25, 0.3) is 5.60 Å². The Morgan fingerprint density at radius 1 is 1.18 bits per heavy atom. The molecule has 0 unspecified atom stereocenters. The fraction of sp³-hybridized carbons (Fsp3) is 0.474. The highest BCUT2D eigenvalue weighted by atomic mass is 19.4. The number of nitrogens with one attached hydrogen (secondary N) is 1. The third-order valence-corrected chi connectivity index (χ3v) is 3.55. The normalized spacial score (nSPS) is 15.1. The van der Waals surface area contributed by atoms with Gasteiger partial charge in [-0.05, 0) is 20.8 Å². The zero-order valence-electron chi connectivity index (χ0n) is 16.1. The summed E-state index contributed by atoms with van der Waals surface area (Å²) in [5.74, 6) is -1.66. The summed E-state index contributed by atoms with van der Waals surface area (Å²) < 4.78 is 55.8. The van der Waals surface area contributed by atoms with E-state index >= 15 is 0 Å². The van der Waals surface area contributed by atoms with Crippen LogP contribution < -0.4 is 5.32 Å². The quantitative estimate of drug-likeness (QED) is 0.555. The van der Waals surface area contributed by atoms with E-state index in [-0.39, 0.29) is 0 Å². The van der Waals surface area contributed by atoms with Crippen molar-refractivity contribution < 1.29 is 37.0 Å². The number of methoxy groups -OCH3 is 1. The lowest BCUT2D eigenvalue weighted by molar-refractivity contribution is -0.276. The van der Waals surface area contributed by atoms with E-state index in [2.05, 4.69) is 16.6 Å². The van der Waals surface area contributed by atoms with Gasteiger partial charge in [-0.2, -0.15) is 13.2 Å². The highest BCUT2D eigenvalue weighted by Gasteiger charge is 2.64. The highest BCUT2D eigenvalue weighted by molar-refractivity contribution is 5.82. The molecule has 1 amide bonds. The molecular weight excluding hydrogens is 379 g/mol. The molecule has 0 aliphatic rings. The maximum absolute atomic E-state index is 13.8. The average Bonchev–Trinajstić information content (AvgIpc) is 2.57. The van der Waals surface area contributed by atoms with Crippen molar-refractivity contribution in [2.75, 3.05) is 13.7 Å². The van der Waals surface area contributed by atoms with Gasteiger partial charge in [0.15, 0.2) is 0 Å². The zero-order valence-corrected chi connectivity index (χ0v) is 16.1. The Hall–Kier alpha value is -2.55. The standard InChI is InChI=1S/C19H24F3NO5/c1-6-14(23-16(25)28-17(2,3)4)12-27-15(24)18(26-5,19(20,21)22)13-10-8-7-9-11-13/h6-11,14H,1,12H2,2-5H3,(H,23,25)/t14-,18-/m0/s1. The molecule has 0 bridgehead atoms. The first-order valence-electron chi connectivity index (χ1n) is 8.34. The number of benzene rings is 1. The van der Waals surface area contributed by atoms with Gasteiger partial charge in [0.05, 0.1) is 6.04 Å². The predicted octanol–water partition coefficient (Wildman–Crippen LogP) is 3.71. The summed E-state index contributed by atoms with van der Waals surface area (Å²) in [6.07, 6.45) is -4.70. The van der Waals surface area contributed by atoms with Crippen LogP contribution in [-0.4, -0.2) is 43.6 Å². The van der Waals surface area contributed by atoms with E-state index in [0.717, 1.165) is 19.2 Å². The molecule has 0 aliphatic heterocycles. The summed E-state index contributed by atoms with van der Waals surface area (Å²) in [5, 5.41) is 2.35. The number of alkyl carbamates (subject to hydrolysis) is 1. The van der Waals surface area contributed by atoms with Gasteiger partial charge in [-0.15, -0.1) is 6.58 Å². The van der Waals surface area contributed by atoms with Crippen molar-refractivity contribution in [3.05, 3.63) is 48.6 Å². The molecule has 0 saturated carbocycles. The van der Waals surface area contributed by atoms with Crippen LogP contribution in [0.1, 0.15) is 26.3 Å². The number of rotatable bonds is 7. The lowest BCUT2D eigenvalue weighted by atomic mass is 9.93. The molecule has 9 heteroatoms. The molecule has 0 heterocycles. The van der Waals surface area contributed by atoms with E-state index in [9.17, 15) is 22.8 Å². The molecule has 2 atom stereocenters. The SMILES string of the molecule is C=C[C@@H](COC(=O)[C@@](OC)(c1ccccc1)C(F)(F)F)NC(=O)OC(C)(C)C. The van der Waals surface area contributed by atoms with Crippen molar-refractivity contribution in [3.8, 4) is 0 Å². The number of amides is 1. The van der Waals surface area contributed by atoms with E-state index < -0.39 is 47.7 Å². The number of ether oxygens (including phenoxy) is 3. The van der Waals surface area contributed by atoms with Crippen molar-refractivity contribution in [1.82, 2.24) is 5.32 Å². The summed E-state index contributed by atoms with van der Waals surface area (Å²) in [4.78, 5) is 24.2. The molecule has 0 saturated heterocycles. The molecule has 0 aromatic heterocycles. The predicted molar refractivity (Wildman–Crippen MR) is 95.5 cm³/mol. The smallest absolute Gasteiger partial charge is 0.432 e. The van der Waals surface area contributed by atoms with Crippen LogP contribution in [0.3, 0.4) is 0 Å². The van der Waals surface area contributed by atoms with Gasteiger partial charge in [-0.25, -0.2) is 9.59 Å². The number of hydrogen-bond acceptors (Lipinski definition) is 5. The minimum atomic E-state index is -5.08. The first-order valence-corrected chi connectivity index (χ1v) is 8.34. The summed E-state index contributed by atoms with van der Waals surface area (Å²) >= 11 is 0. The fourth-order valence-corrected chi connectivity index (χ4v) is 2.28. The lowest BCUT2D eigenvalue weighted by Crippen LogP contribution is -2.52. The molecule has 0 fully saturated rings. The molecular formula is C19H24F3NO5. The summed E-state index contributed by atoms with van der Waals surface area (Å²) in [5.41, 5.74) is -4.50. The van der Waals surface area contributed by atoms with E-state index in [1.807, 2.05) is 0 Å². The monoisotopic (exact) mass is 403 g/mol. The van der Waals surface area contributed by atoms with E-state index in [4.69, 9.17) is 9.47 Å². The van der Waals surface area contributed by atoms with Crippen molar-refractivity contribution in [1.29, 1.82) is 0 Å². The second-order valence-corrected chi connectivity index (χ2v) is 6.84. The Balaban J connectivity index is 2.97. The molecule has 0 aliphatic carbocycles. The second-order valence-electron chi connectivity index (χ2n) is 6.84. The molecule has 0 radical (unpaired) electrons. The van der Waals surface area contributed by atoms with Crippen LogP contribution in [0.25, 0.3) is 0 Å². The van der Waals surface area contributed by atoms with Gasteiger partial charge >= 0.3 is 18.2 Å². The number of halogens is 3. The van der Waals surface area contributed by atoms with Gasteiger partial charge in [-0.3, -0.25) is 0 Å². The summed E-state index contributed by atoms with van der Waals surface area (Å²) in [6, 6.07) is 5.46. The molecule has 6 nitrogen and oxygen atoms in total. The number of carbonyl (C=O) groups excluding carboxylic acids is 2. The maximum Gasteiger partial charge on any atom is 0.432 e. The Morgan fingerprint density at radius 2 is 1.75 bits per heavy atom. The van der Waals surface area contributed by atoms with Crippen molar-refractivity contribution in [2.45, 2.75) is 44.2 Å². The van der Waals surface area contributed by atoms with Crippen LogP contribution in [0.5, 0.6) is 0 Å². The first kappa shape index (κ1) is 23.5. The van der Waals surface area contributed by atoms with Gasteiger partial charge in [0, 0.05) is 12.7 Å². The minimum Gasteiger partial charge on any atom is -0.460 e. The van der Waals surface area contributed by atoms with Gasteiger partial charge in [-0.1, -0.05) is 36.4 Å². The largest absolute Gasteiger partial charge is 0.460 e. The Morgan fingerprint density at radius 3 is 2.18 bits per heavy atom. The van der Waals surface area contributed by atoms with Gasteiger partial charge < -0.3 is 19.5 Å². The molecule has 1 rings (SSSR count). The average molecular weight is 403 g/mol. The molecule has 1 N–H and O–H groups in total. The third-order valence-electron chi connectivity index (χ3n) is 3.55. The van der Waals surface area contributed by atoms with Crippen molar-refractivity contribution in [3.63, 3.8) is 0 Å². The van der Waals surface area contributed by atoms with Crippen molar-refractivity contribution in [2.24, 2.45) is 0 Å². The van der Waals surface area contributed by atoms with E-state index in [1.54, 1.807) is 20.8 Å². The van der Waals surface area contributed by atoms with Crippen LogP contribution in [0, 0.1) is 0 Å². The number of esters is 1. The molecule has 156 valence electrons. The van der Waals surface area contributed by atoms with Crippen molar-refractivity contribution >= 4 is 12.1 Å². The molecule has 28 heavy (non-hydrogen) atoms. The zero-order chi connectivity index (χ0) is 21.6. The van der Waals surface area contributed by atoms with Gasteiger partial charge in [0.2, 0.25) is 0 Å². The number of carbonyl (C=O) groups is 2. The second kappa shape index (κ2) is 9.09. The van der Waals surface area contributed by atoms with E-state index in [1.165, 1.54) is 24.3 Å². The summed E-state index contributed by atoms with van der Waals surface area (Å²) in [7, 11) is 0.770.